The SMILES string of the molecule is C1=CCCC(N2C3C=CC=CC3C3C=c4c(n(C5=C6NC(c7ccc(-c8ccccc8)cc7)C(c7ccc(C8C=CC=CC8)cc7)NC6CC=C5)c5ccccc45)=CC32)=C1. The second-order valence-electron chi connectivity index (χ2n) is 17.5. The second-order valence-corrected chi connectivity index (χ2v) is 17.5. The van der Waals surface area contributed by atoms with Gasteiger partial charge < -0.3 is 14.8 Å². The minimum Gasteiger partial charge on any atom is -0.377 e. The Balaban J connectivity index is 0.992. The number of rotatable bonds is 6. The van der Waals surface area contributed by atoms with Crippen molar-refractivity contribution < 1.29 is 0 Å². The van der Waals surface area contributed by atoms with Crippen LogP contribution in [0.2, 0.25) is 0 Å². The molecule has 4 heteroatoms. The number of hydrogen-bond donors (Lipinski definition) is 2. The van der Waals surface area contributed by atoms with Gasteiger partial charge in [0.15, 0.2) is 0 Å². The standard InChI is InChI=1S/C56H50N4/c1-4-15-37(16-5-1)39-27-31-41(32-28-39)54-55(42-33-29-40(30-34-42)38-17-6-2-7-18-38)58-56-48(57-54)23-14-26-51(56)60-50-25-13-11-22-45(50)47-35-46-44-21-10-12-24-49(44)59(52(46)36-53(47)60)43-19-8-3-9-20-43/h1-8,10-15,17-19,21-22,24-37,44,46,48-49,52,54-55,57-58H,9,16,20,23H2. The average molecular weight is 779 g/mol. The van der Waals surface area contributed by atoms with Gasteiger partial charge in [-0.3, -0.25) is 5.32 Å². The zero-order chi connectivity index (χ0) is 39.6. The van der Waals surface area contributed by atoms with E-state index in [0.29, 0.717) is 23.8 Å². The zero-order valence-electron chi connectivity index (χ0n) is 33.8. The van der Waals surface area contributed by atoms with Crippen LogP contribution in [0.4, 0.5) is 0 Å². The van der Waals surface area contributed by atoms with E-state index in [0.717, 1.165) is 25.7 Å². The molecule has 12 rings (SSSR count). The molecule has 0 bridgehead atoms. The summed E-state index contributed by atoms with van der Waals surface area (Å²) in [5.74, 6) is 1.27. The molecule has 8 atom stereocenters. The van der Waals surface area contributed by atoms with Gasteiger partial charge >= 0.3 is 0 Å². The van der Waals surface area contributed by atoms with E-state index in [9.17, 15) is 0 Å². The maximum atomic E-state index is 4.27. The minimum absolute atomic E-state index is 0.0156. The summed E-state index contributed by atoms with van der Waals surface area (Å²) in [6.45, 7) is 0. The number of piperazine rings is 1. The first-order valence-corrected chi connectivity index (χ1v) is 22.1. The van der Waals surface area contributed by atoms with Crippen molar-refractivity contribution in [2.75, 3.05) is 0 Å². The van der Waals surface area contributed by atoms with Crippen molar-refractivity contribution >= 4 is 28.8 Å². The fourth-order valence-corrected chi connectivity index (χ4v) is 11.3. The van der Waals surface area contributed by atoms with Gasteiger partial charge in [0.1, 0.15) is 0 Å². The Labute approximate surface area is 353 Å². The van der Waals surface area contributed by atoms with Gasteiger partial charge in [0.25, 0.3) is 0 Å². The Bertz CT molecular complexity index is 2860. The van der Waals surface area contributed by atoms with Crippen molar-refractivity contribution in [1.82, 2.24) is 20.1 Å². The Morgan fingerprint density at radius 3 is 2.18 bits per heavy atom. The molecule has 60 heavy (non-hydrogen) atoms. The lowest BCUT2D eigenvalue weighted by Crippen LogP contribution is -2.52. The Kier molecular flexibility index (Phi) is 8.73. The highest BCUT2D eigenvalue weighted by Gasteiger charge is 2.47. The molecule has 4 aromatic carbocycles. The van der Waals surface area contributed by atoms with Crippen LogP contribution in [0.3, 0.4) is 0 Å². The van der Waals surface area contributed by atoms with Crippen LogP contribution in [0.5, 0.6) is 0 Å². The summed E-state index contributed by atoms with van der Waals surface area (Å²) in [6.07, 6.45) is 39.5. The number of allylic oxidation sites excluding steroid dienone is 12. The number of benzene rings is 4. The molecule has 2 aliphatic heterocycles. The van der Waals surface area contributed by atoms with Gasteiger partial charge in [0.2, 0.25) is 0 Å². The summed E-state index contributed by atoms with van der Waals surface area (Å²) >= 11 is 0. The van der Waals surface area contributed by atoms with Crippen LogP contribution in [0.1, 0.15) is 60.4 Å². The second kappa shape index (κ2) is 14.7. The van der Waals surface area contributed by atoms with E-state index in [-0.39, 0.29) is 24.2 Å². The van der Waals surface area contributed by atoms with E-state index in [4.69, 9.17) is 0 Å². The molecule has 3 heterocycles. The van der Waals surface area contributed by atoms with Crippen molar-refractivity contribution in [3.63, 3.8) is 0 Å². The van der Waals surface area contributed by atoms with Crippen LogP contribution in [0.15, 0.2) is 194 Å². The van der Waals surface area contributed by atoms with E-state index < -0.39 is 0 Å². The van der Waals surface area contributed by atoms with Crippen LogP contribution in [0.25, 0.3) is 39.9 Å². The highest BCUT2D eigenvalue weighted by Crippen LogP contribution is 2.45. The first-order chi connectivity index (χ1) is 29.8. The Hall–Kier alpha value is -6.36. The van der Waals surface area contributed by atoms with Crippen LogP contribution in [0, 0.1) is 11.8 Å². The fourth-order valence-electron chi connectivity index (χ4n) is 11.3. The maximum absolute atomic E-state index is 4.27. The first-order valence-electron chi connectivity index (χ1n) is 22.1. The molecule has 2 fully saturated rings. The van der Waals surface area contributed by atoms with Crippen LogP contribution < -0.4 is 21.2 Å². The fraction of sp³-hybridized carbons (Fsp3) is 0.214. The van der Waals surface area contributed by atoms with Gasteiger partial charge in [-0.05, 0) is 77.8 Å². The number of likely N-dealkylation sites (tertiary alicyclic amines) is 1. The maximum Gasteiger partial charge on any atom is 0.0707 e. The van der Waals surface area contributed by atoms with Gasteiger partial charge in [0, 0.05) is 34.1 Å². The summed E-state index contributed by atoms with van der Waals surface area (Å²) in [6, 6.07) is 39.4. The third kappa shape index (κ3) is 5.91. The van der Waals surface area contributed by atoms with E-state index in [1.165, 1.54) is 66.4 Å². The van der Waals surface area contributed by atoms with Crippen molar-refractivity contribution in [2.45, 2.75) is 61.8 Å². The van der Waals surface area contributed by atoms with Crippen molar-refractivity contribution in [3.05, 3.63) is 221 Å². The molecule has 4 nitrogen and oxygen atoms in total. The monoisotopic (exact) mass is 778 g/mol. The van der Waals surface area contributed by atoms with Gasteiger partial charge in [-0.2, -0.15) is 0 Å². The zero-order valence-corrected chi connectivity index (χ0v) is 33.8. The molecule has 0 radical (unpaired) electrons. The number of aromatic nitrogens is 1. The third-order valence-electron chi connectivity index (χ3n) is 14.2. The molecule has 0 saturated carbocycles. The van der Waals surface area contributed by atoms with Crippen LogP contribution >= 0.6 is 0 Å². The molecular weight excluding hydrogens is 729 g/mol. The molecule has 1 aromatic heterocycles. The molecule has 0 amide bonds. The highest BCUT2D eigenvalue weighted by atomic mass is 15.2. The summed E-state index contributed by atoms with van der Waals surface area (Å²) < 4.78 is 2.59. The predicted octanol–water partition coefficient (Wildman–Crippen LogP) is 10.3. The number of hydrogen-bond acceptors (Lipinski definition) is 3. The molecular formula is C56H50N4. The van der Waals surface area contributed by atoms with Crippen LogP contribution in [-0.2, 0) is 0 Å². The molecule has 5 aromatic rings. The molecule has 2 saturated heterocycles. The molecule has 8 unspecified atom stereocenters. The molecule has 294 valence electrons. The minimum atomic E-state index is 0.0156. The highest BCUT2D eigenvalue weighted by molar-refractivity contribution is 5.88. The van der Waals surface area contributed by atoms with Gasteiger partial charge in [0.05, 0.1) is 52.5 Å². The molecule has 5 aliphatic carbocycles. The lowest BCUT2D eigenvalue weighted by atomic mass is 9.82. The lowest BCUT2D eigenvalue weighted by molar-refractivity contribution is 0.301. The lowest BCUT2D eigenvalue weighted by Gasteiger charge is -2.43. The molecule has 7 aliphatic rings. The normalized spacial score (nSPS) is 28.3. The number of nitrogens with zero attached hydrogens (tertiary/aromatic N) is 2. The molecule has 0 spiro atoms. The van der Waals surface area contributed by atoms with Crippen molar-refractivity contribution in [2.24, 2.45) is 11.8 Å². The summed E-state index contributed by atoms with van der Waals surface area (Å²) in [5.41, 5.74) is 11.7. The van der Waals surface area contributed by atoms with Gasteiger partial charge in [-0.1, -0.05) is 170 Å². The first kappa shape index (κ1) is 35.6. The largest absolute Gasteiger partial charge is 0.377 e. The smallest absolute Gasteiger partial charge is 0.0707 e. The average Bonchev–Trinajstić information content (AvgIpc) is 3.83. The van der Waals surface area contributed by atoms with Gasteiger partial charge in [-0.25, -0.2) is 0 Å². The topological polar surface area (TPSA) is 32.2 Å². The summed E-state index contributed by atoms with van der Waals surface area (Å²) in [7, 11) is 0. The van der Waals surface area contributed by atoms with Crippen molar-refractivity contribution in [3.8, 4) is 11.1 Å². The summed E-state index contributed by atoms with van der Waals surface area (Å²) in [5, 5.41) is 12.5. The molecule has 2 N–H and O–H groups in total. The third-order valence-corrected chi connectivity index (χ3v) is 14.2. The van der Waals surface area contributed by atoms with E-state index in [1.54, 1.807) is 0 Å². The number of para-hydroxylation sites is 1. The predicted molar refractivity (Wildman–Crippen MR) is 248 cm³/mol. The van der Waals surface area contributed by atoms with E-state index in [2.05, 4.69) is 214 Å². The Morgan fingerprint density at radius 2 is 1.35 bits per heavy atom. The van der Waals surface area contributed by atoms with E-state index >= 15 is 0 Å². The number of nitrogens with one attached hydrogen (secondary N) is 2. The van der Waals surface area contributed by atoms with Crippen molar-refractivity contribution in [1.29, 1.82) is 0 Å². The quantitative estimate of drug-likeness (QED) is 0.180. The summed E-state index contributed by atoms with van der Waals surface area (Å²) in [4.78, 5) is 2.75. The van der Waals surface area contributed by atoms with Gasteiger partial charge in [-0.15, -0.1) is 0 Å². The van der Waals surface area contributed by atoms with E-state index in [1.807, 2.05) is 0 Å². The van der Waals surface area contributed by atoms with Crippen LogP contribution in [-0.4, -0.2) is 27.6 Å². The Morgan fingerprint density at radius 1 is 0.583 bits per heavy atom. The number of fused-ring (bicyclic) bond motifs is 7.